The third-order valence-electron chi connectivity index (χ3n) is 3.76. The fraction of sp³-hybridized carbons (Fsp3) is 0.294. The van der Waals surface area contributed by atoms with Crippen LogP contribution in [0.25, 0.3) is 0 Å². The Kier molecular flexibility index (Phi) is 5.20. The Morgan fingerprint density at radius 2 is 1.72 bits per heavy atom. The molecule has 0 spiro atoms. The number of methoxy groups -OCH3 is 1. The maximum absolute atomic E-state index is 12.3. The maximum atomic E-state index is 12.3. The van der Waals surface area contributed by atoms with E-state index in [4.69, 9.17) is 4.74 Å². The van der Waals surface area contributed by atoms with Gasteiger partial charge in [0.25, 0.3) is 5.91 Å². The Balaban J connectivity index is 1.63. The Hall–Kier alpha value is -3.00. The van der Waals surface area contributed by atoms with E-state index < -0.39 is 5.97 Å². The number of hydrogen-bond donors (Lipinski definition) is 1. The average molecular weight is 342 g/mol. The van der Waals surface area contributed by atoms with Crippen LogP contribution in [-0.4, -0.2) is 55.3 Å². The van der Waals surface area contributed by atoms with E-state index in [2.05, 4.69) is 20.0 Å². The van der Waals surface area contributed by atoms with Crippen molar-refractivity contribution in [3.8, 4) is 0 Å². The molecular formula is C17H18N4O4. The lowest BCUT2D eigenvalue weighted by atomic mass is 10.2. The number of benzene rings is 1. The maximum Gasteiger partial charge on any atom is 0.337 e. The Morgan fingerprint density at radius 3 is 2.32 bits per heavy atom. The molecule has 1 aromatic carbocycles. The fourth-order valence-corrected chi connectivity index (χ4v) is 2.38. The summed E-state index contributed by atoms with van der Waals surface area (Å²) in [5.41, 5.74) is 1.34. The molecule has 0 aliphatic carbocycles. The zero-order valence-electron chi connectivity index (χ0n) is 13.8. The summed E-state index contributed by atoms with van der Waals surface area (Å²) in [7, 11) is 1.32. The van der Waals surface area contributed by atoms with Gasteiger partial charge in [-0.05, 0) is 24.3 Å². The van der Waals surface area contributed by atoms with Gasteiger partial charge in [0.05, 0.1) is 31.5 Å². The monoisotopic (exact) mass is 342 g/mol. The number of nitrogens with zero attached hydrogens (tertiary/aromatic N) is 3. The van der Waals surface area contributed by atoms with E-state index in [-0.39, 0.29) is 5.91 Å². The van der Waals surface area contributed by atoms with E-state index in [0.29, 0.717) is 36.0 Å². The number of esters is 1. The van der Waals surface area contributed by atoms with Crippen LogP contribution in [0.15, 0.2) is 36.7 Å². The molecule has 3 rings (SSSR count). The molecule has 2 aromatic rings. The third kappa shape index (κ3) is 4.10. The highest BCUT2D eigenvalue weighted by Gasteiger charge is 2.15. The van der Waals surface area contributed by atoms with Gasteiger partial charge >= 0.3 is 5.97 Å². The topological polar surface area (TPSA) is 93.6 Å². The van der Waals surface area contributed by atoms with E-state index in [1.54, 1.807) is 24.3 Å². The first kappa shape index (κ1) is 16.8. The van der Waals surface area contributed by atoms with E-state index in [1.807, 2.05) is 4.90 Å². The molecule has 8 heteroatoms. The van der Waals surface area contributed by atoms with Crippen molar-refractivity contribution >= 4 is 23.5 Å². The van der Waals surface area contributed by atoms with Crippen LogP contribution in [0.5, 0.6) is 0 Å². The molecule has 1 N–H and O–H groups in total. The van der Waals surface area contributed by atoms with Gasteiger partial charge in [-0.25, -0.2) is 14.8 Å². The van der Waals surface area contributed by atoms with Crippen LogP contribution >= 0.6 is 0 Å². The second kappa shape index (κ2) is 7.71. The van der Waals surface area contributed by atoms with Crippen LogP contribution in [0.3, 0.4) is 0 Å². The normalized spacial score (nSPS) is 14.0. The SMILES string of the molecule is COC(=O)c1ccc(NC(=O)c2cnc(N3CCOCC3)nc2)cc1. The highest BCUT2D eigenvalue weighted by molar-refractivity contribution is 6.04. The van der Waals surface area contributed by atoms with Crippen molar-refractivity contribution in [2.24, 2.45) is 0 Å². The van der Waals surface area contributed by atoms with Gasteiger partial charge in [-0.2, -0.15) is 0 Å². The number of anilines is 2. The van der Waals surface area contributed by atoms with Gasteiger partial charge in [0, 0.05) is 31.2 Å². The number of amides is 1. The summed E-state index contributed by atoms with van der Waals surface area (Å²) < 4.78 is 9.92. The number of rotatable bonds is 4. The molecule has 2 heterocycles. The Morgan fingerprint density at radius 1 is 1.08 bits per heavy atom. The van der Waals surface area contributed by atoms with Gasteiger partial charge in [0.15, 0.2) is 0 Å². The zero-order chi connectivity index (χ0) is 17.6. The van der Waals surface area contributed by atoms with Crippen LogP contribution in [0, 0.1) is 0 Å². The minimum Gasteiger partial charge on any atom is -0.465 e. The lowest BCUT2D eigenvalue weighted by Gasteiger charge is -2.26. The minimum absolute atomic E-state index is 0.320. The van der Waals surface area contributed by atoms with Gasteiger partial charge < -0.3 is 19.7 Å². The molecule has 1 amide bonds. The molecule has 8 nitrogen and oxygen atoms in total. The smallest absolute Gasteiger partial charge is 0.337 e. The second-order valence-corrected chi connectivity index (χ2v) is 5.39. The van der Waals surface area contributed by atoms with Gasteiger partial charge in [0.1, 0.15) is 0 Å². The van der Waals surface area contributed by atoms with Gasteiger partial charge in [-0.3, -0.25) is 4.79 Å². The van der Waals surface area contributed by atoms with Gasteiger partial charge in [-0.15, -0.1) is 0 Å². The van der Waals surface area contributed by atoms with E-state index in [1.165, 1.54) is 19.5 Å². The summed E-state index contributed by atoms with van der Waals surface area (Å²) in [6.07, 6.45) is 2.99. The Bertz CT molecular complexity index is 740. The third-order valence-corrected chi connectivity index (χ3v) is 3.76. The molecule has 0 atom stereocenters. The van der Waals surface area contributed by atoms with Gasteiger partial charge in [0.2, 0.25) is 5.95 Å². The molecule has 0 bridgehead atoms. The van der Waals surface area contributed by atoms with Crippen molar-refractivity contribution in [3.63, 3.8) is 0 Å². The molecule has 0 saturated carbocycles. The highest BCUT2D eigenvalue weighted by Crippen LogP contribution is 2.13. The van der Waals surface area contributed by atoms with Crippen LogP contribution < -0.4 is 10.2 Å². The largest absolute Gasteiger partial charge is 0.465 e. The predicted octanol–water partition coefficient (Wildman–Crippen LogP) is 1.35. The van der Waals surface area contributed by atoms with E-state index in [9.17, 15) is 9.59 Å². The highest BCUT2D eigenvalue weighted by atomic mass is 16.5. The molecule has 1 aromatic heterocycles. The molecular weight excluding hydrogens is 324 g/mol. The van der Waals surface area contributed by atoms with Crippen molar-refractivity contribution in [1.29, 1.82) is 0 Å². The van der Waals surface area contributed by atoms with Crippen molar-refractivity contribution in [1.82, 2.24) is 9.97 Å². The van der Waals surface area contributed by atoms with Crippen molar-refractivity contribution < 1.29 is 19.1 Å². The summed E-state index contributed by atoms with van der Waals surface area (Å²) in [6, 6.07) is 6.43. The number of morpholine rings is 1. The quantitative estimate of drug-likeness (QED) is 0.838. The van der Waals surface area contributed by atoms with E-state index in [0.717, 1.165) is 13.1 Å². The van der Waals surface area contributed by atoms with Crippen LogP contribution in [0.4, 0.5) is 11.6 Å². The standard InChI is InChI=1S/C17H18N4O4/c1-24-16(23)12-2-4-14(5-3-12)20-15(22)13-10-18-17(19-11-13)21-6-8-25-9-7-21/h2-5,10-11H,6-9H2,1H3,(H,20,22). The van der Waals surface area contributed by atoms with Crippen molar-refractivity contribution in [2.75, 3.05) is 43.6 Å². The lowest BCUT2D eigenvalue weighted by molar-refractivity contribution is 0.0600. The molecule has 1 saturated heterocycles. The first-order valence-electron chi connectivity index (χ1n) is 7.82. The Labute approximate surface area is 144 Å². The zero-order valence-corrected chi connectivity index (χ0v) is 13.8. The number of carbonyl (C=O) groups is 2. The number of aromatic nitrogens is 2. The number of ether oxygens (including phenoxy) is 2. The van der Waals surface area contributed by atoms with Crippen LogP contribution in [-0.2, 0) is 9.47 Å². The van der Waals surface area contributed by atoms with Crippen molar-refractivity contribution in [3.05, 3.63) is 47.8 Å². The van der Waals surface area contributed by atoms with Crippen LogP contribution in [0.1, 0.15) is 20.7 Å². The second-order valence-electron chi connectivity index (χ2n) is 5.39. The van der Waals surface area contributed by atoms with E-state index >= 15 is 0 Å². The molecule has 0 unspecified atom stereocenters. The fourth-order valence-electron chi connectivity index (χ4n) is 2.38. The summed E-state index contributed by atoms with van der Waals surface area (Å²) >= 11 is 0. The molecule has 1 aliphatic heterocycles. The molecule has 0 radical (unpaired) electrons. The first-order chi connectivity index (χ1) is 12.2. The summed E-state index contributed by atoms with van der Waals surface area (Å²) in [5, 5.41) is 2.74. The predicted molar refractivity (Wildman–Crippen MR) is 90.8 cm³/mol. The summed E-state index contributed by atoms with van der Waals surface area (Å²) in [5.74, 6) is -0.161. The summed E-state index contributed by atoms with van der Waals surface area (Å²) in [6.45, 7) is 2.76. The van der Waals surface area contributed by atoms with Gasteiger partial charge in [-0.1, -0.05) is 0 Å². The molecule has 1 aliphatic rings. The molecule has 130 valence electrons. The van der Waals surface area contributed by atoms with Crippen LogP contribution in [0.2, 0.25) is 0 Å². The molecule has 25 heavy (non-hydrogen) atoms. The first-order valence-corrected chi connectivity index (χ1v) is 7.82. The average Bonchev–Trinajstić information content (AvgIpc) is 2.68. The number of nitrogens with one attached hydrogen (secondary N) is 1. The van der Waals surface area contributed by atoms with Crippen molar-refractivity contribution in [2.45, 2.75) is 0 Å². The molecule has 1 fully saturated rings. The minimum atomic E-state index is -0.426. The summed E-state index contributed by atoms with van der Waals surface area (Å²) in [4.78, 5) is 34.2. The lowest BCUT2D eigenvalue weighted by Crippen LogP contribution is -2.37. The number of carbonyl (C=O) groups excluding carboxylic acids is 2. The number of hydrogen-bond acceptors (Lipinski definition) is 7.